The standard InChI is InChI=1S/C13H18/c1-2-4-6-8-10-12-13-11-9-7-5-3-1/h1-6,11,13H,7-10,12H2/b2-1?,5-3?,6-4+,13-11-. The van der Waals surface area contributed by atoms with Gasteiger partial charge in [-0.15, -0.1) is 0 Å². The van der Waals surface area contributed by atoms with Crippen molar-refractivity contribution in [1.29, 1.82) is 0 Å². The molecule has 0 aromatic carbocycles. The Bertz CT molecular complexity index is 216. The Kier molecular flexibility index (Phi) is 5.87. The lowest BCUT2D eigenvalue weighted by Gasteiger charge is -1.89. The number of hydrogen-bond acceptors (Lipinski definition) is 0. The summed E-state index contributed by atoms with van der Waals surface area (Å²) >= 11 is 0. The molecule has 0 unspecified atom stereocenters. The summed E-state index contributed by atoms with van der Waals surface area (Å²) in [6, 6.07) is 0. The SMILES string of the molecule is C1=C/C=C/CCC/C=C\CCC=C1. The van der Waals surface area contributed by atoms with Gasteiger partial charge in [0.1, 0.15) is 0 Å². The second-order valence-electron chi connectivity index (χ2n) is 3.22. The third-order valence-corrected chi connectivity index (χ3v) is 2.01. The van der Waals surface area contributed by atoms with Crippen LogP contribution < -0.4 is 0 Å². The van der Waals surface area contributed by atoms with Crippen molar-refractivity contribution in [1.82, 2.24) is 0 Å². The van der Waals surface area contributed by atoms with Crippen LogP contribution in [0.25, 0.3) is 0 Å². The van der Waals surface area contributed by atoms with Crippen LogP contribution in [-0.4, -0.2) is 0 Å². The van der Waals surface area contributed by atoms with Crippen molar-refractivity contribution in [3.8, 4) is 0 Å². The zero-order valence-corrected chi connectivity index (χ0v) is 8.15. The van der Waals surface area contributed by atoms with E-state index in [2.05, 4.69) is 48.6 Å². The highest BCUT2D eigenvalue weighted by atomic mass is 13.9. The first kappa shape index (κ1) is 10.0. The van der Waals surface area contributed by atoms with Gasteiger partial charge < -0.3 is 0 Å². The fourth-order valence-corrected chi connectivity index (χ4v) is 1.26. The molecule has 0 atom stereocenters. The lowest BCUT2D eigenvalue weighted by molar-refractivity contribution is 0.863. The van der Waals surface area contributed by atoms with Crippen LogP contribution in [0.2, 0.25) is 0 Å². The molecular weight excluding hydrogens is 156 g/mol. The quantitative estimate of drug-likeness (QED) is 0.483. The molecule has 1 rings (SSSR count). The largest absolute Gasteiger partial charge is 0.0885 e. The van der Waals surface area contributed by atoms with Crippen molar-refractivity contribution >= 4 is 0 Å². The number of hydrogen-bond donors (Lipinski definition) is 0. The Labute approximate surface area is 81.4 Å². The second kappa shape index (κ2) is 7.60. The van der Waals surface area contributed by atoms with Crippen LogP contribution in [0.1, 0.15) is 32.1 Å². The van der Waals surface area contributed by atoms with Crippen molar-refractivity contribution in [3.63, 3.8) is 0 Å². The van der Waals surface area contributed by atoms with E-state index in [1.807, 2.05) is 0 Å². The Morgan fingerprint density at radius 1 is 0.462 bits per heavy atom. The fraction of sp³-hybridized carbons (Fsp3) is 0.385. The van der Waals surface area contributed by atoms with Gasteiger partial charge in [0, 0.05) is 0 Å². The smallest absolute Gasteiger partial charge is 0.0313 e. The molecule has 0 saturated heterocycles. The summed E-state index contributed by atoms with van der Waals surface area (Å²) in [5.74, 6) is 0. The molecule has 0 N–H and O–H groups in total. The molecule has 0 amide bonds. The van der Waals surface area contributed by atoms with Crippen molar-refractivity contribution < 1.29 is 0 Å². The van der Waals surface area contributed by atoms with E-state index in [0.29, 0.717) is 0 Å². The fourth-order valence-electron chi connectivity index (χ4n) is 1.26. The monoisotopic (exact) mass is 174 g/mol. The molecule has 0 spiro atoms. The molecule has 1 aliphatic carbocycles. The zero-order chi connectivity index (χ0) is 9.19. The lowest BCUT2D eigenvalue weighted by atomic mass is 10.2. The van der Waals surface area contributed by atoms with Crippen LogP contribution >= 0.6 is 0 Å². The second-order valence-corrected chi connectivity index (χ2v) is 3.22. The lowest BCUT2D eigenvalue weighted by Crippen LogP contribution is -1.69. The maximum atomic E-state index is 2.30. The van der Waals surface area contributed by atoms with E-state index in [1.54, 1.807) is 0 Å². The minimum atomic E-state index is 1.16. The Morgan fingerprint density at radius 2 is 1.00 bits per heavy atom. The molecule has 0 radical (unpaired) electrons. The highest BCUT2D eigenvalue weighted by molar-refractivity contribution is 5.11. The first-order valence-electron chi connectivity index (χ1n) is 5.13. The van der Waals surface area contributed by atoms with E-state index < -0.39 is 0 Å². The van der Waals surface area contributed by atoms with E-state index in [-0.39, 0.29) is 0 Å². The van der Waals surface area contributed by atoms with E-state index in [1.165, 1.54) is 25.7 Å². The Hall–Kier alpha value is -1.04. The third-order valence-electron chi connectivity index (χ3n) is 2.01. The molecule has 0 aliphatic heterocycles. The van der Waals surface area contributed by atoms with Gasteiger partial charge in [-0.1, -0.05) is 48.6 Å². The van der Waals surface area contributed by atoms with Crippen LogP contribution in [0, 0.1) is 0 Å². The molecular formula is C13H18. The van der Waals surface area contributed by atoms with Gasteiger partial charge >= 0.3 is 0 Å². The van der Waals surface area contributed by atoms with Crippen LogP contribution in [-0.2, 0) is 0 Å². The molecule has 0 bridgehead atoms. The van der Waals surface area contributed by atoms with E-state index in [0.717, 1.165) is 6.42 Å². The highest BCUT2D eigenvalue weighted by Gasteiger charge is 1.81. The van der Waals surface area contributed by atoms with Gasteiger partial charge in [0.25, 0.3) is 0 Å². The number of rotatable bonds is 0. The summed E-state index contributed by atoms with van der Waals surface area (Å²) in [7, 11) is 0. The molecule has 0 nitrogen and oxygen atoms in total. The average Bonchev–Trinajstić information content (AvgIpc) is 2.18. The van der Waals surface area contributed by atoms with Crippen molar-refractivity contribution in [3.05, 3.63) is 48.6 Å². The van der Waals surface area contributed by atoms with Gasteiger partial charge in [-0.3, -0.25) is 0 Å². The van der Waals surface area contributed by atoms with Gasteiger partial charge in [-0.05, 0) is 32.1 Å². The zero-order valence-electron chi connectivity index (χ0n) is 8.15. The molecule has 0 saturated carbocycles. The molecule has 1 aliphatic rings. The first-order valence-corrected chi connectivity index (χ1v) is 5.13. The predicted octanol–water partition coefficient (Wildman–Crippen LogP) is 4.18. The first-order chi connectivity index (χ1) is 6.50. The topological polar surface area (TPSA) is 0 Å². The minimum Gasteiger partial charge on any atom is -0.0885 e. The van der Waals surface area contributed by atoms with E-state index in [9.17, 15) is 0 Å². The van der Waals surface area contributed by atoms with Crippen molar-refractivity contribution in [2.24, 2.45) is 0 Å². The van der Waals surface area contributed by atoms with E-state index >= 15 is 0 Å². The minimum absolute atomic E-state index is 1.16. The maximum Gasteiger partial charge on any atom is -0.0313 e. The number of allylic oxidation sites excluding steroid dienone is 8. The molecule has 13 heavy (non-hydrogen) atoms. The molecule has 0 heteroatoms. The summed E-state index contributed by atoms with van der Waals surface area (Å²) in [6.07, 6.45) is 23.5. The maximum absolute atomic E-state index is 2.30. The van der Waals surface area contributed by atoms with Gasteiger partial charge in [0.15, 0.2) is 0 Å². The van der Waals surface area contributed by atoms with Crippen LogP contribution in [0.15, 0.2) is 48.6 Å². The van der Waals surface area contributed by atoms with Gasteiger partial charge in [0.05, 0.1) is 0 Å². The molecule has 70 valence electrons. The molecule has 0 heterocycles. The summed E-state index contributed by atoms with van der Waals surface area (Å²) in [6.45, 7) is 0. The third kappa shape index (κ3) is 6.15. The molecule has 0 aromatic heterocycles. The summed E-state index contributed by atoms with van der Waals surface area (Å²) in [4.78, 5) is 0. The average molecular weight is 174 g/mol. The van der Waals surface area contributed by atoms with Crippen molar-refractivity contribution in [2.75, 3.05) is 0 Å². The molecule has 0 aromatic rings. The highest BCUT2D eigenvalue weighted by Crippen LogP contribution is 2.01. The Morgan fingerprint density at radius 3 is 1.85 bits per heavy atom. The van der Waals surface area contributed by atoms with Crippen LogP contribution in [0.3, 0.4) is 0 Å². The van der Waals surface area contributed by atoms with Gasteiger partial charge in [-0.2, -0.15) is 0 Å². The van der Waals surface area contributed by atoms with Gasteiger partial charge in [0.2, 0.25) is 0 Å². The summed E-state index contributed by atoms with van der Waals surface area (Å²) in [5.41, 5.74) is 0. The predicted molar refractivity (Wildman–Crippen MR) is 59.6 cm³/mol. The normalized spacial score (nSPS) is 24.0. The van der Waals surface area contributed by atoms with E-state index in [4.69, 9.17) is 0 Å². The van der Waals surface area contributed by atoms with Crippen LogP contribution in [0.5, 0.6) is 0 Å². The Balaban J connectivity index is 2.38. The van der Waals surface area contributed by atoms with Gasteiger partial charge in [-0.25, -0.2) is 0 Å². The summed E-state index contributed by atoms with van der Waals surface area (Å²) in [5, 5.41) is 0. The van der Waals surface area contributed by atoms with Crippen LogP contribution in [0.4, 0.5) is 0 Å². The summed E-state index contributed by atoms with van der Waals surface area (Å²) < 4.78 is 0. The molecule has 0 fully saturated rings. The van der Waals surface area contributed by atoms with Crippen molar-refractivity contribution in [2.45, 2.75) is 32.1 Å².